The van der Waals surface area contributed by atoms with Gasteiger partial charge in [-0.1, -0.05) is 29.8 Å². The summed E-state index contributed by atoms with van der Waals surface area (Å²) in [5, 5.41) is 11.1. The maximum atomic E-state index is 9.52. The number of pyridine rings is 2. The van der Waals surface area contributed by atoms with Gasteiger partial charge in [0.15, 0.2) is 0 Å². The minimum Gasteiger partial charge on any atom is -0.368 e. The molecule has 124 valence electrons. The number of nitriles is 1. The van der Waals surface area contributed by atoms with E-state index in [1.165, 1.54) is 0 Å². The lowest BCUT2D eigenvalue weighted by molar-refractivity contribution is 0.654. The highest BCUT2D eigenvalue weighted by atomic mass is 35.5. The van der Waals surface area contributed by atoms with E-state index in [1.807, 2.05) is 36.4 Å². The molecule has 5 nitrogen and oxygen atoms in total. The van der Waals surface area contributed by atoms with Crippen molar-refractivity contribution >= 4 is 33.9 Å². The van der Waals surface area contributed by atoms with Gasteiger partial charge in [0.05, 0.1) is 16.8 Å². The van der Waals surface area contributed by atoms with Crippen LogP contribution in [0.5, 0.6) is 0 Å². The van der Waals surface area contributed by atoms with E-state index in [2.05, 4.69) is 25.8 Å². The van der Waals surface area contributed by atoms with Crippen LogP contribution in [0.2, 0.25) is 5.15 Å². The minimum atomic E-state index is 0.506. The molecule has 3 heterocycles. The number of aromatic nitrogens is 2. The molecule has 2 aromatic heterocycles. The molecular formula is C19H16ClN5. The van der Waals surface area contributed by atoms with Gasteiger partial charge in [-0.3, -0.25) is 4.98 Å². The highest BCUT2D eigenvalue weighted by Gasteiger charge is 2.22. The Labute approximate surface area is 151 Å². The van der Waals surface area contributed by atoms with Crippen molar-refractivity contribution in [2.75, 3.05) is 36.0 Å². The molecule has 0 radical (unpaired) electrons. The first-order valence-electron chi connectivity index (χ1n) is 8.15. The molecule has 0 spiro atoms. The van der Waals surface area contributed by atoms with Crippen LogP contribution in [0.25, 0.3) is 10.9 Å². The summed E-state index contributed by atoms with van der Waals surface area (Å²) in [5.74, 6) is 0. The lowest BCUT2D eigenvalue weighted by Gasteiger charge is -2.38. The van der Waals surface area contributed by atoms with Gasteiger partial charge in [0.2, 0.25) is 0 Å². The second-order valence-corrected chi connectivity index (χ2v) is 6.35. The number of para-hydroxylation sites is 1. The number of hydrogen-bond acceptors (Lipinski definition) is 5. The lowest BCUT2D eigenvalue weighted by atomic mass is 10.1. The smallest absolute Gasteiger partial charge is 0.131 e. The number of rotatable bonds is 2. The first kappa shape index (κ1) is 15.7. The Morgan fingerprint density at radius 2 is 1.76 bits per heavy atom. The zero-order valence-electron chi connectivity index (χ0n) is 13.6. The second-order valence-electron chi connectivity index (χ2n) is 5.96. The molecule has 1 aliphatic rings. The molecule has 0 amide bonds. The van der Waals surface area contributed by atoms with Gasteiger partial charge in [-0.25, -0.2) is 4.98 Å². The number of hydrogen-bond donors (Lipinski definition) is 0. The Bertz CT molecular complexity index is 957. The Morgan fingerprint density at radius 3 is 2.52 bits per heavy atom. The molecular weight excluding hydrogens is 334 g/mol. The van der Waals surface area contributed by atoms with Gasteiger partial charge in [0.25, 0.3) is 0 Å². The topological polar surface area (TPSA) is 56.1 Å². The van der Waals surface area contributed by atoms with E-state index >= 15 is 0 Å². The third-order valence-corrected chi connectivity index (χ3v) is 4.75. The van der Waals surface area contributed by atoms with E-state index in [-0.39, 0.29) is 0 Å². The van der Waals surface area contributed by atoms with Crippen LogP contribution in [-0.2, 0) is 0 Å². The maximum absolute atomic E-state index is 9.52. The zero-order chi connectivity index (χ0) is 17.2. The first-order chi connectivity index (χ1) is 12.3. The number of halogens is 1. The maximum Gasteiger partial charge on any atom is 0.131 e. The highest BCUT2D eigenvalue weighted by molar-refractivity contribution is 6.29. The molecule has 6 heteroatoms. The van der Waals surface area contributed by atoms with Crippen LogP contribution in [0.4, 0.5) is 11.4 Å². The van der Waals surface area contributed by atoms with Gasteiger partial charge < -0.3 is 9.80 Å². The fourth-order valence-electron chi connectivity index (χ4n) is 3.33. The molecule has 1 fully saturated rings. The molecule has 0 aliphatic carbocycles. The van der Waals surface area contributed by atoms with E-state index < -0.39 is 0 Å². The zero-order valence-corrected chi connectivity index (χ0v) is 14.3. The van der Waals surface area contributed by atoms with Crippen LogP contribution in [-0.4, -0.2) is 36.1 Å². The van der Waals surface area contributed by atoms with Crippen molar-refractivity contribution in [1.82, 2.24) is 9.97 Å². The Morgan fingerprint density at radius 1 is 1.00 bits per heavy atom. The predicted molar refractivity (Wildman–Crippen MR) is 100 cm³/mol. The fourth-order valence-corrected chi connectivity index (χ4v) is 3.49. The summed E-state index contributed by atoms with van der Waals surface area (Å²) in [6.45, 7) is 3.40. The summed E-state index contributed by atoms with van der Waals surface area (Å²) in [5.41, 5.74) is 3.61. The van der Waals surface area contributed by atoms with Crippen LogP contribution in [0.1, 0.15) is 5.56 Å². The SMILES string of the molecule is N#Cc1cnc2ccccc2c1N1CCN(c2ccnc(Cl)c2)CC1. The van der Waals surface area contributed by atoms with E-state index in [0.29, 0.717) is 10.7 Å². The highest BCUT2D eigenvalue weighted by Crippen LogP contribution is 2.30. The molecule has 0 atom stereocenters. The van der Waals surface area contributed by atoms with Gasteiger partial charge in [-0.15, -0.1) is 0 Å². The van der Waals surface area contributed by atoms with Gasteiger partial charge >= 0.3 is 0 Å². The van der Waals surface area contributed by atoms with Crippen molar-refractivity contribution in [3.05, 3.63) is 59.5 Å². The van der Waals surface area contributed by atoms with Crippen molar-refractivity contribution in [2.24, 2.45) is 0 Å². The van der Waals surface area contributed by atoms with Gasteiger partial charge in [-0.05, 0) is 18.2 Å². The van der Waals surface area contributed by atoms with E-state index in [9.17, 15) is 5.26 Å². The van der Waals surface area contributed by atoms with Crippen molar-refractivity contribution in [3.63, 3.8) is 0 Å². The Kier molecular flexibility index (Phi) is 4.12. The van der Waals surface area contributed by atoms with Gasteiger partial charge in [0.1, 0.15) is 11.2 Å². The average Bonchev–Trinajstić information content (AvgIpc) is 2.67. The fraction of sp³-hybridized carbons (Fsp3) is 0.211. The normalized spacial score (nSPS) is 14.6. The molecule has 0 bridgehead atoms. The van der Waals surface area contributed by atoms with Crippen LogP contribution in [0.15, 0.2) is 48.8 Å². The quantitative estimate of drug-likeness (QED) is 0.663. The summed E-state index contributed by atoms with van der Waals surface area (Å²) in [7, 11) is 0. The second kappa shape index (κ2) is 6.58. The van der Waals surface area contributed by atoms with Gasteiger partial charge in [0, 0.05) is 49.6 Å². The third kappa shape index (κ3) is 2.97. The van der Waals surface area contributed by atoms with Crippen LogP contribution < -0.4 is 9.80 Å². The monoisotopic (exact) mass is 349 g/mol. The molecule has 0 unspecified atom stereocenters. The third-order valence-electron chi connectivity index (χ3n) is 4.54. The van der Waals surface area contributed by atoms with Crippen molar-refractivity contribution in [1.29, 1.82) is 5.26 Å². The summed E-state index contributed by atoms with van der Waals surface area (Å²) in [6, 6.07) is 14.1. The Hall–Kier alpha value is -2.84. The molecule has 3 aromatic rings. The van der Waals surface area contributed by atoms with Crippen LogP contribution >= 0.6 is 11.6 Å². The van der Waals surface area contributed by atoms with Crippen molar-refractivity contribution in [3.8, 4) is 6.07 Å². The standard InChI is InChI=1S/C19H16ClN5/c20-18-11-15(5-6-22-18)24-7-9-25(10-8-24)19-14(12-21)13-23-17-4-2-1-3-16(17)19/h1-6,11,13H,7-10H2. The number of anilines is 2. The Balaban J connectivity index is 1.63. The molecule has 1 saturated heterocycles. The van der Waals surface area contributed by atoms with Crippen molar-refractivity contribution < 1.29 is 0 Å². The van der Waals surface area contributed by atoms with E-state index in [1.54, 1.807) is 12.4 Å². The number of nitrogens with zero attached hydrogens (tertiary/aromatic N) is 5. The van der Waals surface area contributed by atoms with E-state index in [0.717, 1.165) is 48.5 Å². The molecule has 0 N–H and O–H groups in total. The number of fused-ring (bicyclic) bond motifs is 1. The summed E-state index contributed by atoms with van der Waals surface area (Å²) >= 11 is 6.00. The largest absolute Gasteiger partial charge is 0.368 e. The van der Waals surface area contributed by atoms with Crippen molar-refractivity contribution in [2.45, 2.75) is 0 Å². The lowest BCUT2D eigenvalue weighted by Crippen LogP contribution is -2.46. The summed E-state index contributed by atoms with van der Waals surface area (Å²) in [6.07, 6.45) is 3.40. The average molecular weight is 350 g/mol. The van der Waals surface area contributed by atoms with Crippen LogP contribution in [0, 0.1) is 11.3 Å². The summed E-state index contributed by atoms with van der Waals surface area (Å²) < 4.78 is 0. The molecule has 4 rings (SSSR count). The minimum absolute atomic E-state index is 0.506. The van der Waals surface area contributed by atoms with Crippen LogP contribution in [0.3, 0.4) is 0 Å². The predicted octanol–water partition coefficient (Wildman–Crippen LogP) is 3.48. The number of piperazine rings is 1. The molecule has 0 saturated carbocycles. The molecule has 1 aliphatic heterocycles. The number of benzene rings is 1. The molecule has 1 aromatic carbocycles. The summed E-state index contributed by atoms with van der Waals surface area (Å²) in [4.78, 5) is 13.0. The first-order valence-corrected chi connectivity index (χ1v) is 8.53. The molecule has 25 heavy (non-hydrogen) atoms. The van der Waals surface area contributed by atoms with Gasteiger partial charge in [-0.2, -0.15) is 5.26 Å². The van der Waals surface area contributed by atoms with E-state index in [4.69, 9.17) is 11.6 Å².